The molecule has 1 N–H and O–H groups in total. The van der Waals surface area contributed by atoms with Crippen molar-refractivity contribution in [3.8, 4) is 11.3 Å². The van der Waals surface area contributed by atoms with E-state index in [0.717, 1.165) is 4.57 Å². The van der Waals surface area contributed by atoms with Gasteiger partial charge in [0.15, 0.2) is 5.65 Å². The second-order valence-electron chi connectivity index (χ2n) is 11.8. The fourth-order valence-electron chi connectivity index (χ4n) is 4.35. The second kappa shape index (κ2) is 11.0. The van der Waals surface area contributed by atoms with Gasteiger partial charge in [0, 0.05) is 42.5 Å². The van der Waals surface area contributed by atoms with E-state index in [1.807, 2.05) is 0 Å². The third-order valence-corrected chi connectivity index (χ3v) is 6.17. The summed E-state index contributed by atoms with van der Waals surface area (Å²) in [6.07, 6.45) is -2.92. The average Bonchev–Trinajstić information content (AvgIpc) is 3.20. The lowest BCUT2D eigenvalue weighted by Gasteiger charge is -2.34. The van der Waals surface area contributed by atoms with E-state index < -0.39 is 40.8 Å². The number of rotatable bonds is 3. The molecule has 0 unspecified atom stereocenters. The Morgan fingerprint density at radius 3 is 2.32 bits per heavy atom. The van der Waals surface area contributed by atoms with Crippen LogP contribution < -0.4 is 5.32 Å². The number of nitrogens with zero attached hydrogens (tertiary/aromatic N) is 5. The largest absolute Gasteiger partial charge is 0.444 e. The number of ether oxygens (including phenoxy) is 2. The molecule has 1 fully saturated rings. The predicted octanol–water partition coefficient (Wildman–Crippen LogP) is 6.76. The van der Waals surface area contributed by atoms with E-state index >= 15 is 0 Å². The standard InChI is InChI=1S/C27H32ClF3N6O4/c1-25(2,3)40-23(38)36-11-7-8-15(13-36)33-22-32-12-18(27(29,30)31)20(35-22)17-14-37(24(39)41-26(4,5)6)21-16(17)9-10-19(28)34-21/h9-10,12,14-15H,7-8,11,13H2,1-6H3,(H,32,33,35)/t15-/m0/s1. The number of amides is 1. The lowest BCUT2D eigenvalue weighted by molar-refractivity contribution is -0.137. The molecule has 4 rings (SSSR count). The van der Waals surface area contributed by atoms with Crippen LogP contribution in [0.15, 0.2) is 24.5 Å². The monoisotopic (exact) mass is 596 g/mol. The molecule has 1 atom stereocenters. The summed E-state index contributed by atoms with van der Waals surface area (Å²) in [7, 11) is 0. The van der Waals surface area contributed by atoms with Crippen LogP contribution in [-0.2, 0) is 15.7 Å². The first-order valence-corrected chi connectivity index (χ1v) is 13.4. The van der Waals surface area contributed by atoms with Gasteiger partial charge in [-0.2, -0.15) is 13.2 Å². The SMILES string of the molecule is CC(C)(C)OC(=O)N1CCC[C@H](Nc2ncc(C(F)(F)F)c(-c3cn(C(=O)OC(C)(C)C)c4nc(Cl)ccc34)n2)C1. The van der Waals surface area contributed by atoms with E-state index in [1.54, 1.807) is 46.4 Å². The van der Waals surface area contributed by atoms with Gasteiger partial charge in [0.1, 0.15) is 21.9 Å². The van der Waals surface area contributed by atoms with Crippen molar-refractivity contribution in [2.75, 3.05) is 18.4 Å². The molecule has 1 saturated heterocycles. The van der Waals surface area contributed by atoms with Gasteiger partial charge in [0.2, 0.25) is 5.95 Å². The lowest BCUT2D eigenvalue weighted by atomic mass is 10.1. The summed E-state index contributed by atoms with van der Waals surface area (Å²) >= 11 is 6.06. The fraction of sp³-hybridized carbons (Fsp3) is 0.519. The van der Waals surface area contributed by atoms with E-state index in [0.29, 0.717) is 25.6 Å². The molecule has 0 spiro atoms. The number of likely N-dealkylation sites (tertiary alicyclic amines) is 1. The van der Waals surface area contributed by atoms with Crippen LogP contribution in [0.2, 0.25) is 5.15 Å². The molecule has 0 aliphatic carbocycles. The Labute approximate surface area is 240 Å². The first-order valence-electron chi connectivity index (χ1n) is 13.0. The van der Waals surface area contributed by atoms with Crippen LogP contribution in [0.1, 0.15) is 59.9 Å². The molecule has 4 heterocycles. The van der Waals surface area contributed by atoms with Gasteiger partial charge in [-0.05, 0) is 66.5 Å². The first-order chi connectivity index (χ1) is 18.9. The maximum atomic E-state index is 14.2. The van der Waals surface area contributed by atoms with Gasteiger partial charge in [0.05, 0.1) is 5.69 Å². The highest BCUT2D eigenvalue weighted by atomic mass is 35.5. The molecule has 3 aromatic rings. The number of alkyl halides is 3. The van der Waals surface area contributed by atoms with E-state index in [9.17, 15) is 22.8 Å². The minimum atomic E-state index is -4.80. The maximum absolute atomic E-state index is 14.2. The van der Waals surface area contributed by atoms with Gasteiger partial charge in [-0.25, -0.2) is 29.1 Å². The zero-order valence-corrected chi connectivity index (χ0v) is 24.4. The van der Waals surface area contributed by atoms with Gasteiger partial charge in [-0.15, -0.1) is 0 Å². The molecule has 14 heteroatoms. The Balaban J connectivity index is 1.73. The van der Waals surface area contributed by atoms with Crippen LogP contribution in [0.5, 0.6) is 0 Å². The predicted molar refractivity (Wildman–Crippen MR) is 147 cm³/mol. The van der Waals surface area contributed by atoms with Crippen LogP contribution in [0, 0.1) is 0 Å². The first kappa shape index (κ1) is 30.4. The molecule has 1 amide bonds. The summed E-state index contributed by atoms with van der Waals surface area (Å²) in [6.45, 7) is 11.1. The van der Waals surface area contributed by atoms with E-state index in [-0.39, 0.29) is 40.3 Å². The molecule has 0 radical (unpaired) electrons. The van der Waals surface area contributed by atoms with E-state index in [2.05, 4.69) is 20.3 Å². The summed E-state index contributed by atoms with van der Waals surface area (Å²) in [5.41, 5.74) is -3.08. The Morgan fingerprint density at radius 2 is 1.68 bits per heavy atom. The normalized spacial score (nSPS) is 16.5. The molecule has 222 valence electrons. The van der Waals surface area contributed by atoms with Crippen molar-refractivity contribution in [1.82, 2.24) is 24.4 Å². The number of anilines is 1. The topological polar surface area (TPSA) is 111 Å². The highest BCUT2D eigenvalue weighted by Crippen LogP contribution is 2.39. The Kier molecular flexibility index (Phi) is 8.14. The summed E-state index contributed by atoms with van der Waals surface area (Å²) in [5.74, 6) is -0.0656. The summed E-state index contributed by atoms with van der Waals surface area (Å²) in [4.78, 5) is 39.4. The molecule has 1 aliphatic rings. The molecule has 3 aromatic heterocycles. The number of carbonyl (C=O) groups is 2. The molecule has 0 aromatic carbocycles. The third-order valence-electron chi connectivity index (χ3n) is 5.96. The van der Waals surface area contributed by atoms with Crippen molar-refractivity contribution < 1.29 is 32.2 Å². The van der Waals surface area contributed by atoms with Gasteiger partial charge >= 0.3 is 18.4 Å². The average molecular weight is 597 g/mol. The second-order valence-corrected chi connectivity index (χ2v) is 12.1. The van der Waals surface area contributed by atoms with Crippen molar-refractivity contribution in [3.63, 3.8) is 0 Å². The van der Waals surface area contributed by atoms with Gasteiger partial charge in [0.25, 0.3) is 0 Å². The summed E-state index contributed by atoms with van der Waals surface area (Å²) in [6, 6.07) is 2.55. The number of aromatic nitrogens is 4. The number of halogens is 4. The van der Waals surface area contributed by atoms with Crippen molar-refractivity contribution >= 4 is 40.8 Å². The van der Waals surface area contributed by atoms with Crippen molar-refractivity contribution in [2.45, 2.75) is 77.8 Å². The molecule has 1 aliphatic heterocycles. The minimum absolute atomic E-state index is 0.00757. The highest BCUT2D eigenvalue weighted by molar-refractivity contribution is 6.29. The number of hydrogen-bond acceptors (Lipinski definition) is 8. The summed E-state index contributed by atoms with van der Waals surface area (Å²) < 4.78 is 54.4. The Hall–Kier alpha value is -3.61. The van der Waals surface area contributed by atoms with Gasteiger partial charge in [-0.1, -0.05) is 11.6 Å². The molecule has 41 heavy (non-hydrogen) atoms. The Morgan fingerprint density at radius 1 is 1.02 bits per heavy atom. The fourth-order valence-corrected chi connectivity index (χ4v) is 4.49. The van der Waals surface area contributed by atoms with Crippen molar-refractivity contribution in [1.29, 1.82) is 0 Å². The van der Waals surface area contributed by atoms with Crippen LogP contribution in [0.3, 0.4) is 0 Å². The lowest BCUT2D eigenvalue weighted by Crippen LogP contribution is -2.47. The number of piperidine rings is 1. The number of fused-ring (bicyclic) bond motifs is 1. The number of carbonyl (C=O) groups excluding carboxylic acids is 2. The Bertz CT molecular complexity index is 1460. The molecule has 0 bridgehead atoms. The number of pyridine rings is 1. The maximum Gasteiger partial charge on any atom is 0.420 e. The number of nitrogens with one attached hydrogen (secondary N) is 1. The molecule has 10 nitrogen and oxygen atoms in total. The molecular formula is C27H32ClF3N6O4. The van der Waals surface area contributed by atoms with Crippen LogP contribution in [-0.4, -0.2) is 66.9 Å². The van der Waals surface area contributed by atoms with Gasteiger partial charge in [-0.3, -0.25) is 0 Å². The summed E-state index contributed by atoms with van der Waals surface area (Å²) in [5, 5.41) is 3.31. The van der Waals surface area contributed by atoms with Crippen molar-refractivity contribution in [2.24, 2.45) is 0 Å². The van der Waals surface area contributed by atoms with E-state index in [1.165, 1.54) is 18.3 Å². The van der Waals surface area contributed by atoms with Crippen LogP contribution in [0.25, 0.3) is 22.3 Å². The van der Waals surface area contributed by atoms with Crippen LogP contribution >= 0.6 is 11.6 Å². The third kappa shape index (κ3) is 7.38. The minimum Gasteiger partial charge on any atom is -0.444 e. The van der Waals surface area contributed by atoms with E-state index in [4.69, 9.17) is 21.1 Å². The quantitative estimate of drug-likeness (QED) is 0.330. The van der Waals surface area contributed by atoms with Crippen molar-refractivity contribution in [3.05, 3.63) is 35.2 Å². The number of hydrogen-bond donors (Lipinski definition) is 1. The highest BCUT2D eigenvalue weighted by Gasteiger charge is 2.37. The van der Waals surface area contributed by atoms with Crippen LogP contribution in [0.4, 0.5) is 28.7 Å². The van der Waals surface area contributed by atoms with Gasteiger partial charge < -0.3 is 19.7 Å². The molecular weight excluding hydrogens is 565 g/mol. The molecule has 0 saturated carbocycles. The zero-order chi connectivity index (χ0) is 30.3. The zero-order valence-electron chi connectivity index (χ0n) is 23.6. The smallest absolute Gasteiger partial charge is 0.420 e.